The lowest BCUT2D eigenvalue weighted by molar-refractivity contribution is -0.146. The fraction of sp³-hybridized carbons (Fsp3) is 0.533. The minimum atomic E-state index is -0.855. The van der Waals surface area contributed by atoms with Crippen LogP contribution < -0.4 is 4.74 Å². The van der Waals surface area contributed by atoms with Gasteiger partial charge in [-0.2, -0.15) is 0 Å². The molecule has 1 saturated heterocycles. The standard InChI is InChI=1S/C15H20ClNO2/c1-11-5-4-10-17(11)14(18)15(2,3)19-13-8-6-12(16)7-9-13/h6-9,11H,4-5,10H2,1-3H3/t11-/m1/s1. The second-order valence-corrected chi connectivity index (χ2v) is 5.99. The molecule has 0 aliphatic carbocycles. The summed E-state index contributed by atoms with van der Waals surface area (Å²) in [4.78, 5) is 14.4. The Labute approximate surface area is 119 Å². The number of nitrogens with zero attached hydrogens (tertiary/aromatic N) is 1. The lowest BCUT2D eigenvalue weighted by Crippen LogP contribution is -2.49. The summed E-state index contributed by atoms with van der Waals surface area (Å²) >= 11 is 5.84. The quantitative estimate of drug-likeness (QED) is 0.848. The van der Waals surface area contributed by atoms with Gasteiger partial charge in [-0.15, -0.1) is 0 Å². The molecule has 1 atom stereocenters. The largest absolute Gasteiger partial charge is 0.478 e. The zero-order valence-electron chi connectivity index (χ0n) is 11.6. The maximum Gasteiger partial charge on any atom is 0.266 e. The average Bonchev–Trinajstić information content (AvgIpc) is 2.77. The van der Waals surface area contributed by atoms with Crippen LogP contribution in [0.2, 0.25) is 5.02 Å². The van der Waals surface area contributed by atoms with Gasteiger partial charge >= 0.3 is 0 Å². The van der Waals surface area contributed by atoms with E-state index < -0.39 is 5.60 Å². The van der Waals surface area contributed by atoms with E-state index in [4.69, 9.17) is 16.3 Å². The minimum Gasteiger partial charge on any atom is -0.478 e. The van der Waals surface area contributed by atoms with Crippen LogP contribution in [0.4, 0.5) is 0 Å². The molecule has 0 N–H and O–H groups in total. The summed E-state index contributed by atoms with van der Waals surface area (Å²) in [7, 11) is 0. The molecule has 1 aromatic rings. The Morgan fingerprint density at radius 2 is 2.00 bits per heavy atom. The SMILES string of the molecule is C[C@@H]1CCCN1C(=O)C(C)(C)Oc1ccc(Cl)cc1. The monoisotopic (exact) mass is 281 g/mol. The summed E-state index contributed by atoms with van der Waals surface area (Å²) in [6.07, 6.45) is 2.15. The molecule has 104 valence electrons. The first kappa shape index (κ1) is 14.2. The molecule has 0 unspecified atom stereocenters. The number of likely N-dealkylation sites (tertiary alicyclic amines) is 1. The summed E-state index contributed by atoms with van der Waals surface area (Å²) in [6.45, 7) is 6.54. The van der Waals surface area contributed by atoms with Crippen molar-refractivity contribution in [1.29, 1.82) is 0 Å². The number of ether oxygens (including phenoxy) is 1. The summed E-state index contributed by atoms with van der Waals surface area (Å²) < 4.78 is 5.83. The van der Waals surface area contributed by atoms with Gasteiger partial charge in [0, 0.05) is 17.6 Å². The van der Waals surface area contributed by atoms with Crippen LogP contribution in [0, 0.1) is 0 Å². The van der Waals surface area contributed by atoms with Crippen molar-refractivity contribution in [3.05, 3.63) is 29.3 Å². The van der Waals surface area contributed by atoms with E-state index in [-0.39, 0.29) is 5.91 Å². The molecule has 1 heterocycles. The molecule has 3 nitrogen and oxygen atoms in total. The molecule has 0 bridgehead atoms. The number of amides is 1. The van der Waals surface area contributed by atoms with E-state index in [1.807, 2.05) is 18.7 Å². The van der Waals surface area contributed by atoms with Crippen molar-refractivity contribution < 1.29 is 9.53 Å². The van der Waals surface area contributed by atoms with Gasteiger partial charge in [-0.25, -0.2) is 0 Å². The fourth-order valence-corrected chi connectivity index (χ4v) is 2.55. The highest BCUT2D eigenvalue weighted by atomic mass is 35.5. The molecule has 2 rings (SSSR count). The molecule has 4 heteroatoms. The van der Waals surface area contributed by atoms with Gasteiger partial charge < -0.3 is 9.64 Å². The molecule has 1 aliphatic rings. The summed E-state index contributed by atoms with van der Waals surface area (Å²) in [5.41, 5.74) is -0.855. The molecule has 0 aromatic heterocycles. The maximum atomic E-state index is 12.5. The van der Waals surface area contributed by atoms with Gasteiger partial charge in [0.2, 0.25) is 0 Å². The Balaban J connectivity index is 2.08. The molecule has 1 amide bonds. The molecule has 19 heavy (non-hydrogen) atoms. The van der Waals surface area contributed by atoms with Crippen molar-refractivity contribution in [2.24, 2.45) is 0 Å². The lowest BCUT2D eigenvalue weighted by atomic mass is 10.1. The number of hydrogen-bond donors (Lipinski definition) is 0. The number of rotatable bonds is 3. The van der Waals surface area contributed by atoms with Crippen LogP contribution in [0.3, 0.4) is 0 Å². The Hall–Kier alpha value is -1.22. The van der Waals surface area contributed by atoms with E-state index in [0.717, 1.165) is 19.4 Å². The second kappa shape index (κ2) is 5.41. The van der Waals surface area contributed by atoms with Gasteiger partial charge in [0.05, 0.1) is 0 Å². The van der Waals surface area contributed by atoms with Crippen LogP contribution in [0.1, 0.15) is 33.6 Å². The number of benzene rings is 1. The van der Waals surface area contributed by atoms with E-state index in [0.29, 0.717) is 16.8 Å². The van der Waals surface area contributed by atoms with Crippen LogP contribution in [-0.2, 0) is 4.79 Å². The van der Waals surface area contributed by atoms with Gasteiger partial charge in [0.25, 0.3) is 5.91 Å². The van der Waals surface area contributed by atoms with Gasteiger partial charge in [-0.3, -0.25) is 4.79 Å². The molecular weight excluding hydrogens is 262 g/mol. The third-order valence-electron chi connectivity index (χ3n) is 3.52. The zero-order valence-corrected chi connectivity index (χ0v) is 12.4. The van der Waals surface area contributed by atoms with E-state index in [9.17, 15) is 4.79 Å². The van der Waals surface area contributed by atoms with Gasteiger partial charge in [-0.05, 0) is 57.9 Å². The Morgan fingerprint density at radius 1 is 1.37 bits per heavy atom. The number of carbonyl (C=O) groups excluding carboxylic acids is 1. The highest BCUT2D eigenvalue weighted by Crippen LogP contribution is 2.25. The van der Waals surface area contributed by atoms with Crippen molar-refractivity contribution in [3.8, 4) is 5.75 Å². The third-order valence-corrected chi connectivity index (χ3v) is 3.77. The van der Waals surface area contributed by atoms with Crippen molar-refractivity contribution >= 4 is 17.5 Å². The number of halogens is 1. The van der Waals surface area contributed by atoms with E-state index >= 15 is 0 Å². The number of carbonyl (C=O) groups is 1. The fourth-order valence-electron chi connectivity index (χ4n) is 2.42. The Bertz CT molecular complexity index is 456. The van der Waals surface area contributed by atoms with Crippen molar-refractivity contribution in [3.63, 3.8) is 0 Å². The normalized spacial score (nSPS) is 19.6. The van der Waals surface area contributed by atoms with Crippen molar-refractivity contribution in [2.45, 2.75) is 45.3 Å². The smallest absolute Gasteiger partial charge is 0.266 e. The van der Waals surface area contributed by atoms with Gasteiger partial charge in [0.15, 0.2) is 5.60 Å². The molecule has 1 fully saturated rings. The van der Waals surface area contributed by atoms with Crippen LogP contribution in [0.15, 0.2) is 24.3 Å². The van der Waals surface area contributed by atoms with Gasteiger partial charge in [0.1, 0.15) is 5.75 Å². The molecule has 1 aliphatic heterocycles. The predicted octanol–water partition coefficient (Wildman–Crippen LogP) is 3.51. The highest BCUT2D eigenvalue weighted by Gasteiger charge is 2.37. The molecular formula is C15H20ClNO2. The number of hydrogen-bond acceptors (Lipinski definition) is 2. The van der Waals surface area contributed by atoms with Crippen molar-refractivity contribution in [1.82, 2.24) is 4.90 Å². The predicted molar refractivity (Wildman–Crippen MR) is 76.6 cm³/mol. The maximum absolute atomic E-state index is 12.5. The highest BCUT2D eigenvalue weighted by molar-refractivity contribution is 6.30. The van der Waals surface area contributed by atoms with Crippen molar-refractivity contribution in [2.75, 3.05) is 6.54 Å². The first-order chi connectivity index (χ1) is 8.90. The summed E-state index contributed by atoms with van der Waals surface area (Å²) in [6, 6.07) is 7.39. The Kier molecular flexibility index (Phi) is 4.04. The molecule has 0 radical (unpaired) electrons. The van der Waals surface area contributed by atoms with Gasteiger partial charge in [-0.1, -0.05) is 11.6 Å². The third kappa shape index (κ3) is 3.21. The van der Waals surface area contributed by atoms with Crippen LogP contribution in [-0.4, -0.2) is 29.0 Å². The first-order valence-corrected chi connectivity index (χ1v) is 7.03. The van der Waals surface area contributed by atoms with Crippen LogP contribution in [0.5, 0.6) is 5.75 Å². The van der Waals surface area contributed by atoms with Crippen LogP contribution >= 0.6 is 11.6 Å². The topological polar surface area (TPSA) is 29.5 Å². The average molecular weight is 282 g/mol. The minimum absolute atomic E-state index is 0.0486. The van der Waals surface area contributed by atoms with Crippen LogP contribution in [0.25, 0.3) is 0 Å². The molecule has 1 aromatic carbocycles. The summed E-state index contributed by atoms with van der Waals surface area (Å²) in [5, 5.41) is 0.657. The first-order valence-electron chi connectivity index (χ1n) is 6.66. The summed E-state index contributed by atoms with van der Waals surface area (Å²) in [5.74, 6) is 0.710. The second-order valence-electron chi connectivity index (χ2n) is 5.56. The molecule has 0 spiro atoms. The van der Waals surface area contributed by atoms with E-state index in [1.165, 1.54) is 0 Å². The Morgan fingerprint density at radius 3 is 2.53 bits per heavy atom. The lowest BCUT2D eigenvalue weighted by Gasteiger charge is -2.32. The van der Waals surface area contributed by atoms with E-state index in [2.05, 4.69) is 6.92 Å². The zero-order chi connectivity index (χ0) is 14.0. The van der Waals surface area contributed by atoms with E-state index in [1.54, 1.807) is 24.3 Å². The molecule has 0 saturated carbocycles.